The SMILES string of the molecule is CCCc1nc(C(=O)Nc2cccc3cn[nH]c23)n[nH]1. The third-order valence-electron chi connectivity index (χ3n) is 2.95. The summed E-state index contributed by atoms with van der Waals surface area (Å²) in [5, 5.41) is 17.2. The molecular formula is C13H14N6O. The highest BCUT2D eigenvalue weighted by molar-refractivity contribution is 6.06. The van der Waals surface area contributed by atoms with Crippen molar-refractivity contribution in [2.45, 2.75) is 19.8 Å². The Morgan fingerprint density at radius 1 is 1.35 bits per heavy atom. The topological polar surface area (TPSA) is 99.3 Å². The molecule has 0 saturated carbocycles. The van der Waals surface area contributed by atoms with Gasteiger partial charge in [0.25, 0.3) is 5.91 Å². The molecule has 0 spiro atoms. The van der Waals surface area contributed by atoms with Gasteiger partial charge in [0.2, 0.25) is 5.82 Å². The number of aromatic nitrogens is 5. The molecular weight excluding hydrogens is 256 g/mol. The van der Waals surface area contributed by atoms with Crippen molar-refractivity contribution in [3.63, 3.8) is 0 Å². The standard InChI is InChI=1S/C13H14N6O/c1-2-4-10-16-12(19-17-10)13(20)15-9-6-3-5-8-7-14-18-11(8)9/h3,5-7H,2,4H2,1H3,(H,14,18)(H,15,20)(H,16,17,19). The van der Waals surface area contributed by atoms with Gasteiger partial charge in [-0.05, 0) is 12.5 Å². The Kier molecular flexibility index (Phi) is 3.16. The lowest BCUT2D eigenvalue weighted by Gasteiger charge is -2.03. The van der Waals surface area contributed by atoms with Crippen LogP contribution in [0.5, 0.6) is 0 Å². The molecule has 0 aliphatic carbocycles. The number of carbonyl (C=O) groups is 1. The highest BCUT2D eigenvalue weighted by Crippen LogP contribution is 2.20. The molecule has 7 heteroatoms. The molecule has 3 N–H and O–H groups in total. The summed E-state index contributed by atoms with van der Waals surface area (Å²) in [5.41, 5.74) is 1.44. The van der Waals surface area contributed by atoms with Crippen LogP contribution in [-0.2, 0) is 6.42 Å². The largest absolute Gasteiger partial charge is 0.317 e. The molecule has 3 aromatic rings. The number of rotatable bonds is 4. The first-order chi connectivity index (χ1) is 9.78. The van der Waals surface area contributed by atoms with E-state index >= 15 is 0 Å². The number of aryl methyl sites for hydroxylation is 1. The molecule has 102 valence electrons. The second-order valence-corrected chi connectivity index (χ2v) is 4.45. The van der Waals surface area contributed by atoms with Crippen molar-refractivity contribution in [3.8, 4) is 0 Å². The van der Waals surface area contributed by atoms with Gasteiger partial charge < -0.3 is 5.32 Å². The van der Waals surface area contributed by atoms with E-state index in [1.165, 1.54) is 0 Å². The number of anilines is 1. The predicted molar refractivity (Wildman–Crippen MR) is 74.4 cm³/mol. The molecule has 1 amide bonds. The van der Waals surface area contributed by atoms with Gasteiger partial charge in [-0.25, -0.2) is 4.98 Å². The summed E-state index contributed by atoms with van der Waals surface area (Å²) >= 11 is 0. The zero-order chi connectivity index (χ0) is 13.9. The van der Waals surface area contributed by atoms with Gasteiger partial charge in [0.05, 0.1) is 17.4 Å². The summed E-state index contributed by atoms with van der Waals surface area (Å²) in [4.78, 5) is 16.3. The van der Waals surface area contributed by atoms with Crippen LogP contribution in [0.2, 0.25) is 0 Å². The predicted octanol–water partition coefficient (Wildman–Crippen LogP) is 1.89. The quantitative estimate of drug-likeness (QED) is 0.674. The van der Waals surface area contributed by atoms with Gasteiger partial charge >= 0.3 is 0 Å². The first-order valence-electron chi connectivity index (χ1n) is 6.42. The van der Waals surface area contributed by atoms with Crippen molar-refractivity contribution < 1.29 is 4.79 Å². The van der Waals surface area contributed by atoms with Gasteiger partial charge in [-0.15, -0.1) is 5.10 Å². The van der Waals surface area contributed by atoms with Gasteiger partial charge in [-0.1, -0.05) is 19.1 Å². The second-order valence-electron chi connectivity index (χ2n) is 4.45. The molecule has 0 radical (unpaired) electrons. The lowest BCUT2D eigenvalue weighted by Crippen LogP contribution is -2.14. The molecule has 7 nitrogen and oxygen atoms in total. The Morgan fingerprint density at radius 3 is 3.10 bits per heavy atom. The molecule has 0 saturated heterocycles. The van der Waals surface area contributed by atoms with Crippen LogP contribution in [0.3, 0.4) is 0 Å². The lowest BCUT2D eigenvalue weighted by atomic mass is 10.2. The lowest BCUT2D eigenvalue weighted by molar-refractivity contribution is 0.101. The first-order valence-corrected chi connectivity index (χ1v) is 6.42. The molecule has 20 heavy (non-hydrogen) atoms. The molecule has 3 rings (SSSR count). The molecule has 2 heterocycles. The number of aromatic amines is 2. The Labute approximate surface area is 114 Å². The number of nitrogens with zero attached hydrogens (tertiary/aromatic N) is 3. The van der Waals surface area contributed by atoms with Crippen LogP contribution in [-0.4, -0.2) is 31.3 Å². The maximum Gasteiger partial charge on any atom is 0.295 e. The van der Waals surface area contributed by atoms with Crippen molar-refractivity contribution in [2.24, 2.45) is 0 Å². The summed E-state index contributed by atoms with van der Waals surface area (Å²) in [6.07, 6.45) is 3.43. The number of carbonyl (C=O) groups excluding carboxylic acids is 1. The van der Waals surface area contributed by atoms with Gasteiger partial charge in [-0.2, -0.15) is 5.10 Å². The van der Waals surface area contributed by atoms with Crippen molar-refractivity contribution >= 4 is 22.5 Å². The number of fused-ring (bicyclic) bond motifs is 1. The van der Waals surface area contributed by atoms with Crippen molar-refractivity contribution in [1.29, 1.82) is 0 Å². The van der Waals surface area contributed by atoms with Crippen LogP contribution in [0.4, 0.5) is 5.69 Å². The molecule has 0 fully saturated rings. The fourth-order valence-electron chi connectivity index (χ4n) is 2.00. The number of amides is 1. The Balaban J connectivity index is 1.83. The van der Waals surface area contributed by atoms with Crippen molar-refractivity contribution in [3.05, 3.63) is 36.0 Å². The Hall–Kier alpha value is -2.70. The molecule has 0 unspecified atom stereocenters. The van der Waals surface area contributed by atoms with Crippen molar-refractivity contribution in [1.82, 2.24) is 25.4 Å². The molecule has 0 aliphatic heterocycles. The van der Waals surface area contributed by atoms with E-state index in [0.29, 0.717) is 5.69 Å². The number of H-pyrrole nitrogens is 2. The molecule has 0 bridgehead atoms. The first kappa shape index (κ1) is 12.3. The minimum atomic E-state index is -0.342. The third-order valence-corrected chi connectivity index (χ3v) is 2.95. The maximum absolute atomic E-state index is 12.1. The van der Waals surface area contributed by atoms with E-state index in [1.807, 2.05) is 19.1 Å². The van der Waals surface area contributed by atoms with E-state index in [9.17, 15) is 4.79 Å². The maximum atomic E-state index is 12.1. The number of para-hydroxylation sites is 1. The molecule has 0 atom stereocenters. The highest BCUT2D eigenvalue weighted by atomic mass is 16.2. The van der Waals surface area contributed by atoms with Gasteiger partial charge in [0.1, 0.15) is 5.82 Å². The molecule has 0 aliphatic rings. The number of hydrogen-bond donors (Lipinski definition) is 3. The van der Waals surface area contributed by atoms with E-state index in [4.69, 9.17) is 0 Å². The summed E-state index contributed by atoms with van der Waals surface area (Å²) in [6.45, 7) is 2.04. The fourth-order valence-corrected chi connectivity index (χ4v) is 2.00. The van der Waals surface area contributed by atoms with Crippen LogP contribution in [0.15, 0.2) is 24.4 Å². The van der Waals surface area contributed by atoms with Crippen LogP contribution in [0, 0.1) is 0 Å². The third kappa shape index (κ3) is 2.25. The summed E-state index contributed by atoms with van der Waals surface area (Å²) < 4.78 is 0. The Morgan fingerprint density at radius 2 is 2.25 bits per heavy atom. The second kappa shape index (κ2) is 5.12. The summed E-state index contributed by atoms with van der Waals surface area (Å²) in [6, 6.07) is 5.58. The number of nitrogens with one attached hydrogen (secondary N) is 3. The monoisotopic (exact) mass is 270 g/mol. The number of hydrogen-bond acceptors (Lipinski definition) is 4. The number of benzene rings is 1. The minimum absolute atomic E-state index is 0.143. The highest BCUT2D eigenvalue weighted by Gasteiger charge is 2.14. The normalized spacial score (nSPS) is 10.8. The van der Waals surface area contributed by atoms with E-state index < -0.39 is 0 Å². The zero-order valence-corrected chi connectivity index (χ0v) is 11.0. The fraction of sp³-hybridized carbons (Fsp3) is 0.231. The molecule has 1 aromatic carbocycles. The van der Waals surface area contributed by atoms with E-state index in [1.54, 1.807) is 12.3 Å². The van der Waals surface area contributed by atoms with Crippen LogP contribution < -0.4 is 5.32 Å². The summed E-state index contributed by atoms with van der Waals surface area (Å²) in [7, 11) is 0. The van der Waals surface area contributed by atoms with Gasteiger partial charge in [0.15, 0.2) is 0 Å². The van der Waals surface area contributed by atoms with Crippen LogP contribution in [0.25, 0.3) is 10.9 Å². The molecule has 2 aromatic heterocycles. The average Bonchev–Trinajstić information content (AvgIpc) is 3.08. The van der Waals surface area contributed by atoms with Crippen molar-refractivity contribution in [2.75, 3.05) is 5.32 Å². The van der Waals surface area contributed by atoms with Crippen LogP contribution in [0.1, 0.15) is 29.8 Å². The van der Waals surface area contributed by atoms with Gasteiger partial charge in [0, 0.05) is 11.8 Å². The minimum Gasteiger partial charge on any atom is -0.317 e. The average molecular weight is 270 g/mol. The zero-order valence-electron chi connectivity index (χ0n) is 11.0. The Bertz CT molecular complexity index is 744. The van der Waals surface area contributed by atoms with Gasteiger partial charge in [-0.3, -0.25) is 15.0 Å². The van der Waals surface area contributed by atoms with Crippen LogP contribution >= 0.6 is 0 Å². The summed E-state index contributed by atoms with van der Waals surface area (Å²) in [5.74, 6) is 0.521. The van der Waals surface area contributed by atoms with E-state index in [0.717, 1.165) is 29.6 Å². The van der Waals surface area contributed by atoms with E-state index in [2.05, 4.69) is 30.7 Å². The van der Waals surface area contributed by atoms with E-state index in [-0.39, 0.29) is 11.7 Å². The smallest absolute Gasteiger partial charge is 0.295 e.